The van der Waals surface area contributed by atoms with Crippen LogP contribution in [0, 0.1) is 0 Å². The van der Waals surface area contributed by atoms with Gasteiger partial charge in [0.2, 0.25) is 0 Å². The second kappa shape index (κ2) is 5.93. The monoisotopic (exact) mass is 270 g/mol. The molecule has 0 spiro atoms. The van der Waals surface area contributed by atoms with Crippen LogP contribution in [-0.4, -0.2) is 18.8 Å². The van der Waals surface area contributed by atoms with E-state index in [2.05, 4.69) is 15.9 Å². The number of methoxy groups -OCH3 is 1. The molecule has 0 amide bonds. The van der Waals surface area contributed by atoms with Crippen molar-refractivity contribution in [2.45, 2.75) is 13.3 Å². The molecule has 1 N–H and O–H groups in total. The van der Waals surface area contributed by atoms with Gasteiger partial charge in [-0.2, -0.15) is 0 Å². The second-order valence-electron chi connectivity index (χ2n) is 3.20. The maximum absolute atomic E-state index is 9.10. The summed E-state index contributed by atoms with van der Waals surface area (Å²) in [5.41, 5.74) is 1.98. The van der Waals surface area contributed by atoms with Gasteiger partial charge in [-0.1, -0.05) is 22.9 Å². The van der Waals surface area contributed by atoms with Crippen molar-refractivity contribution in [3.63, 3.8) is 0 Å². The molecule has 0 aliphatic rings. The van der Waals surface area contributed by atoms with Crippen molar-refractivity contribution in [1.82, 2.24) is 0 Å². The standard InChI is InChI=1S/C12H15BrO2/c1-3-9(8-14)6-10-7-11(13)4-5-12(10)15-2/h4-7,14H,3,8H2,1-2H3. The molecule has 0 saturated carbocycles. The van der Waals surface area contributed by atoms with Crippen LogP contribution in [0.5, 0.6) is 5.75 Å². The van der Waals surface area contributed by atoms with Gasteiger partial charge < -0.3 is 9.84 Å². The van der Waals surface area contributed by atoms with Crippen LogP contribution in [0.2, 0.25) is 0 Å². The highest BCUT2D eigenvalue weighted by Gasteiger charge is 2.02. The van der Waals surface area contributed by atoms with E-state index in [0.717, 1.165) is 27.8 Å². The summed E-state index contributed by atoms with van der Waals surface area (Å²) in [6, 6.07) is 5.81. The molecule has 0 aliphatic heterocycles. The lowest BCUT2D eigenvalue weighted by Gasteiger charge is -2.07. The van der Waals surface area contributed by atoms with Gasteiger partial charge in [-0.15, -0.1) is 0 Å². The number of halogens is 1. The normalized spacial score (nSPS) is 11.6. The summed E-state index contributed by atoms with van der Waals surface area (Å²) in [6.07, 6.45) is 2.80. The van der Waals surface area contributed by atoms with E-state index in [4.69, 9.17) is 9.84 Å². The van der Waals surface area contributed by atoms with Gasteiger partial charge in [0.15, 0.2) is 0 Å². The molecular formula is C12H15BrO2. The van der Waals surface area contributed by atoms with Crippen molar-refractivity contribution >= 4 is 22.0 Å². The Morgan fingerprint density at radius 3 is 2.80 bits per heavy atom. The second-order valence-corrected chi connectivity index (χ2v) is 4.12. The Kier molecular flexibility index (Phi) is 4.85. The summed E-state index contributed by atoms with van der Waals surface area (Å²) in [5, 5.41) is 9.10. The maximum atomic E-state index is 9.10. The summed E-state index contributed by atoms with van der Waals surface area (Å²) in [6.45, 7) is 2.11. The van der Waals surface area contributed by atoms with Crippen molar-refractivity contribution in [3.8, 4) is 5.75 Å². The minimum absolute atomic E-state index is 0.0895. The van der Waals surface area contributed by atoms with E-state index in [9.17, 15) is 0 Å². The first-order chi connectivity index (χ1) is 7.21. The number of hydrogen-bond acceptors (Lipinski definition) is 2. The van der Waals surface area contributed by atoms with Crippen molar-refractivity contribution in [3.05, 3.63) is 33.8 Å². The Bertz CT molecular complexity index is 353. The van der Waals surface area contributed by atoms with E-state index in [1.54, 1.807) is 7.11 Å². The Morgan fingerprint density at radius 2 is 2.27 bits per heavy atom. The molecule has 0 heterocycles. The zero-order chi connectivity index (χ0) is 11.3. The topological polar surface area (TPSA) is 29.5 Å². The fraction of sp³-hybridized carbons (Fsp3) is 0.333. The third-order valence-electron chi connectivity index (χ3n) is 2.21. The molecule has 0 saturated heterocycles. The highest BCUT2D eigenvalue weighted by atomic mass is 79.9. The summed E-state index contributed by atoms with van der Waals surface area (Å²) in [5.74, 6) is 0.817. The number of aliphatic hydroxyl groups is 1. The summed E-state index contributed by atoms with van der Waals surface area (Å²) in [7, 11) is 1.64. The molecule has 0 fully saturated rings. The predicted molar refractivity (Wildman–Crippen MR) is 66.0 cm³/mol. The Labute approximate surface area is 98.7 Å². The number of benzene rings is 1. The summed E-state index contributed by atoms with van der Waals surface area (Å²) >= 11 is 3.41. The van der Waals surface area contributed by atoms with E-state index < -0.39 is 0 Å². The minimum Gasteiger partial charge on any atom is -0.496 e. The van der Waals surface area contributed by atoms with E-state index in [1.807, 2.05) is 31.2 Å². The van der Waals surface area contributed by atoms with Crippen LogP contribution in [0.4, 0.5) is 0 Å². The number of hydrogen-bond donors (Lipinski definition) is 1. The predicted octanol–water partition coefficient (Wildman–Crippen LogP) is 3.24. The molecule has 0 radical (unpaired) electrons. The van der Waals surface area contributed by atoms with E-state index >= 15 is 0 Å². The first-order valence-electron chi connectivity index (χ1n) is 4.85. The minimum atomic E-state index is 0.0895. The largest absolute Gasteiger partial charge is 0.496 e. The van der Waals surface area contributed by atoms with Gasteiger partial charge in [0.05, 0.1) is 13.7 Å². The third-order valence-corrected chi connectivity index (χ3v) is 2.70. The zero-order valence-electron chi connectivity index (χ0n) is 8.96. The lowest BCUT2D eigenvalue weighted by Crippen LogP contribution is -1.91. The highest BCUT2D eigenvalue weighted by Crippen LogP contribution is 2.25. The molecular weight excluding hydrogens is 256 g/mol. The van der Waals surface area contributed by atoms with Gasteiger partial charge in [-0.3, -0.25) is 0 Å². The Balaban J connectivity index is 3.11. The van der Waals surface area contributed by atoms with E-state index in [1.165, 1.54) is 0 Å². The van der Waals surface area contributed by atoms with Crippen molar-refractivity contribution in [1.29, 1.82) is 0 Å². The summed E-state index contributed by atoms with van der Waals surface area (Å²) < 4.78 is 6.25. The van der Waals surface area contributed by atoms with Crippen LogP contribution in [0.25, 0.3) is 6.08 Å². The van der Waals surface area contributed by atoms with Crippen LogP contribution in [0.1, 0.15) is 18.9 Å². The number of rotatable bonds is 4. The molecule has 1 rings (SSSR count). The van der Waals surface area contributed by atoms with Crippen LogP contribution in [0.15, 0.2) is 28.2 Å². The van der Waals surface area contributed by atoms with Crippen LogP contribution < -0.4 is 4.74 Å². The molecule has 3 heteroatoms. The lowest BCUT2D eigenvalue weighted by molar-refractivity contribution is 0.329. The highest BCUT2D eigenvalue weighted by molar-refractivity contribution is 9.10. The zero-order valence-corrected chi connectivity index (χ0v) is 10.5. The summed E-state index contributed by atoms with van der Waals surface area (Å²) in [4.78, 5) is 0. The van der Waals surface area contributed by atoms with Gasteiger partial charge in [0.25, 0.3) is 0 Å². The molecule has 0 unspecified atom stereocenters. The van der Waals surface area contributed by atoms with Crippen LogP contribution in [0.3, 0.4) is 0 Å². The first-order valence-corrected chi connectivity index (χ1v) is 5.64. The average molecular weight is 271 g/mol. The third kappa shape index (κ3) is 3.36. The van der Waals surface area contributed by atoms with Crippen LogP contribution >= 0.6 is 15.9 Å². The lowest BCUT2D eigenvalue weighted by atomic mass is 10.1. The molecule has 1 aromatic rings. The molecule has 0 aromatic heterocycles. The van der Waals surface area contributed by atoms with Crippen molar-refractivity contribution < 1.29 is 9.84 Å². The molecule has 15 heavy (non-hydrogen) atoms. The van der Waals surface area contributed by atoms with Gasteiger partial charge in [-0.25, -0.2) is 0 Å². The van der Waals surface area contributed by atoms with Crippen LogP contribution in [-0.2, 0) is 0 Å². The number of ether oxygens (including phenoxy) is 1. The number of aliphatic hydroxyl groups excluding tert-OH is 1. The molecule has 0 aliphatic carbocycles. The quantitative estimate of drug-likeness (QED) is 0.910. The van der Waals surface area contributed by atoms with Gasteiger partial charge in [0.1, 0.15) is 5.75 Å². The molecule has 2 nitrogen and oxygen atoms in total. The van der Waals surface area contributed by atoms with Crippen molar-refractivity contribution in [2.75, 3.05) is 13.7 Å². The average Bonchev–Trinajstić information content (AvgIpc) is 2.26. The van der Waals surface area contributed by atoms with Gasteiger partial charge >= 0.3 is 0 Å². The Hall–Kier alpha value is -0.800. The van der Waals surface area contributed by atoms with Crippen molar-refractivity contribution in [2.24, 2.45) is 0 Å². The smallest absolute Gasteiger partial charge is 0.126 e. The van der Waals surface area contributed by atoms with E-state index in [-0.39, 0.29) is 6.61 Å². The first kappa shape index (κ1) is 12.3. The molecule has 1 aromatic carbocycles. The maximum Gasteiger partial charge on any atom is 0.126 e. The Morgan fingerprint density at radius 1 is 1.53 bits per heavy atom. The fourth-order valence-electron chi connectivity index (χ4n) is 1.30. The molecule has 0 atom stereocenters. The van der Waals surface area contributed by atoms with Gasteiger partial charge in [0, 0.05) is 10.0 Å². The van der Waals surface area contributed by atoms with E-state index in [0.29, 0.717) is 0 Å². The molecule has 82 valence electrons. The molecule has 0 bridgehead atoms. The fourth-order valence-corrected chi connectivity index (χ4v) is 1.68. The SMILES string of the molecule is CCC(=Cc1cc(Br)ccc1OC)CO. The van der Waals surface area contributed by atoms with Gasteiger partial charge in [-0.05, 0) is 36.3 Å².